The fourth-order valence-electron chi connectivity index (χ4n) is 2.35. The van der Waals surface area contributed by atoms with Gasteiger partial charge in [0.15, 0.2) is 0 Å². The normalized spacial score (nSPS) is 20.0. The lowest BCUT2D eigenvalue weighted by atomic mass is 10.2. The monoisotopic (exact) mass is 294 g/mol. The lowest BCUT2D eigenvalue weighted by Crippen LogP contribution is -2.28. The second-order valence-electron chi connectivity index (χ2n) is 5.38. The topological polar surface area (TPSA) is 66.5 Å². The van der Waals surface area contributed by atoms with Crippen LogP contribution in [0.1, 0.15) is 36.0 Å². The van der Waals surface area contributed by atoms with Crippen molar-refractivity contribution >= 4 is 15.9 Å². The van der Waals surface area contributed by atoms with Gasteiger partial charge in [0, 0.05) is 24.7 Å². The minimum atomic E-state index is -3.39. The van der Waals surface area contributed by atoms with Crippen molar-refractivity contribution in [1.29, 1.82) is 0 Å². The summed E-state index contributed by atoms with van der Waals surface area (Å²) in [5.74, 6) is -0.127. The zero-order chi connectivity index (χ0) is 14.2. The summed E-state index contributed by atoms with van der Waals surface area (Å²) in [4.78, 5) is 12.1. The van der Waals surface area contributed by atoms with E-state index in [0.717, 1.165) is 25.7 Å². The Morgan fingerprint density at radius 3 is 2.25 bits per heavy atom. The molecule has 6 heteroatoms. The Hall–Kier alpha value is -1.40. The highest BCUT2D eigenvalue weighted by atomic mass is 32.2. The van der Waals surface area contributed by atoms with Crippen molar-refractivity contribution in [2.45, 2.75) is 36.6 Å². The van der Waals surface area contributed by atoms with Gasteiger partial charge < -0.3 is 5.32 Å². The van der Waals surface area contributed by atoms with Crippen molar-refractivity contribution in [1.82, 2.24) is 9.62 Å². The third-order valence-electron chi connectivity index (χ3n) is 3.73. The minimum Gasteiger partial charge on any atom is -0.349 e. The Morgan fingerprint density at radius 1 is 1.10 bits per heavy atom. The number of benzene rings is 1. The molecule has 1 amide bonds. The van der Waals surface area contributed by atoms with Crippen LogP contribution in [-0.2, 0) is 10.0 Å². The van der Waals surface area contributed by atoms with Gasteiger partial charge >= 0.3 is 0 Å². The number of nitrogens with one attached hydrogen (secondary N) is 1. The van der Waals surface area contributed by atoms with Gasteiger partial charge in [-0.3, -0.25) is 4.79 Å². The number of carbonyl (C=O) groups excluding carboxylic acids is 1. The van der Waals surface area contributed by atoms with Crippen molar-refractivity contribution in [3.05, 3.63) is 29.8 Å². The molecule has 1 aliphatic heterocycles. The first kappa shape index (κ1) is 13.6. The van der Waals surface area contributed by atoms with Crippen molar-refractivity contribution < 1.29 is 13.2 Å². The van der Waals surface area contributed by atoms with Crippen molar-refractivity contribution in [3.63, 3.8) is 0 Å². The van der Waals surface area contributed by atoms with Crippen LogP contribution < -0.4 is 5.32 Å². The van der Waals surface area contributed by atoms with Gasteiger partial charge in [0.1, 0.15) is 0 Å². The number of rotatable bonds is 4. The van der Waals surface area contributed by atoms with Crippen LogP contribution in [0.5, 0.6) is 0 Å². The second kappa shape index (κ2) is 5.18. The number of hydrogen-bond donors (Lipinski definition) is 1. The molecule has 2 aliphatic rings. The summed E-state index contributed by atoms with van der Waals surface area (Å²) >= 11 is 0. The summed E-state index contributed by atoms with van der Waals surface area (Å²) < 4.78 is 26.2. The van der Waals surface area contributed by atoms with Crippen molar-refractivity contribution in [3.8, 4) is 0 Å². The lowest BCUT2D eigenvalue weighted by molar-refractivity contribution is 0.0951. The molecule has 0 spiro atoms. The molecule has 1 aromatic carbocycles. The standard InChI is InChI=1S/C14H18N2O3S/c17-14(15-12-5-6-12)11-3-7-13(8-4-11)20(18,19)16-9-1-2-10-16/h3-4,7-8,12H,1-2,5-6,9-10H2,(H,15,17). The van der Waals surface area contributed by atoms with Crippen LogP contribution in [0, 0.1) is 0 Å². The Labute approximate surface area is 119 Å². The summed E-state index contributed by atoms with van der Waals surface area (Å²) in [7, 11) is -3.39. The summed E-state index contributed by atoms with van der Waals surface area (Å²) in [5, 5.41) is 2.88. The number of nitrogens with zero attached hydrogens (tertiary/aromatic N) is 1. The molecule has 0 bridgehead atoms. The summed E-state index contributed by atoms with van der Waals surface area (Å²) in [5.41, 5.74) is 0.511. The summed E-state index contributed by atoms with van der Waals surface area (Å²) in [6.45, 7) is 1.18. The van der Waals surface area contributed by atoms with Crippen LogP contribution >= 0.6 is 0 Å². The zero-order valence-electron chi connectivity index (χ0n) is 11.2. The molecule has 2 fully saturated rings. The zero-order valence-corrected chi connectivity index (χ0v) is 12.0. The molecule has 20 heavy (non-hydrogen) atoms. The molecule has 1 heterocycles. The molecule has 0 unspecified atom stereocenters. The van der Waals surface area contributed by atoms with E-state index in [1.165, 1.54) is 16.4 Å². The Kier molecular flexibility index (Phi) is 3.52. The van der Waals surface area contributed by atoms with Gasteiger partial charge in [0.05, 0.1) is 4.90 Å². The van der Waals surface area contributed by atoms with Crippen LogP contribution in [0.2, 0.25) is 0 Å². The molecule has 108 valence electrons. The number of sulfonamides is 1. The molecule has 0 atom stereocenters. The first-order valence-corrected chi connectivity index (χ1v) is 8.42. The molecule has 1 aliphatic carbocycles. The summed E-state index contributed by atoms with van der Waals surface area (Å²) in [6, 6.07) is 6.52. The van der Waals surface area contributed by atoms with E-state index >= 15 is 0 Å². The highest BCUT2D eigenvalue weighted by Crippen LogP contribution is 2.22. The summed E-state index contributed by atoms with van der Waals surface area (Å²) in [6.07, 6.45) is 3.91. The van der Waals surface area contributed by atoms with Gasteiger partial charge in [-0.25, -0.2) is 8.42 Å². The van der Waals surface area contributed by atoms with E-state index in [4.69, 9.17) is 0 Å². The van der Waals surface area contributed by atoms with E-state index in [9.17, 15) is 13.2 Å². The second-order valence-corrected chi connectivity index (χ2v) is 7.32. The quantitative estimate of drug-likeness (QED) is 0.912. The third kappa shape index (κ3) is 2.71. The first-order chi connectivity index (χ1) is 9.57. The first-order valence-electron chi connectivity index (χ1n) is 6.98. The van der Waals surface area contributed by atoms with Crippen molar-refractivity contribution in [2.75, 3.05) is 13.1 Å². The van der Waals surface area contributed by atoms with Crippen LogP contribution in [0.3, 0.4) is 0 Å². The molecule has 1 aromatic rings. The average Bonchev–Trinajstić information content (AvgIpc) is 3.08. The highest BCUT2D eigenvalue weighted by molar-refractivity contribution is 7.89. The Balaban J connectivity index is 1.76. The van der Waals surface area contributed by atoms with Crippen LogP contribution in [0.25, 0.3) is 0 Å². The van der Waals surface area contributed by atoms with Gasteiger partial charge in [-0.15, -0.1) is 0 Å². The number of amides is 1. The van der Waals surface area contributed by atoms with E-state index in [-0.39, 0.29) is 10.8 Å². The van der Waals surface area contributed by atoms with Gasteiger partial charge in [0.2, 0.25) is 10.0 Å². The number of carbonyl (C=O) groups is 1. The van der Waals surface area contributed by atoms with Crippen molar-refractivity contribution in [2.24, 2.45) is 0 Å². The molecule has 1 saturated carbocycles. The smallest absolute Gasteiger partial charge is 0.251 e. The van der Waals surface area contributed by atoms with E-state index < -0.39 is 10.0 Å². The van der Waals surface area contributed by atoms with Gasteiger partial charge in [-0.2, -0.15) is 4.31 Å². The fraction of sp³-hybridized carbons (Fsp3) is 0.500. The number of hydrogen-bond acceptors (Lipinski definition) is 3. The molecule has 5 nitrogen and oxygen atoms in total. The molecular formula is C14H18N2O3S. The largest absolute Gasteiger partial charge is 0.349 e. The molecule has 1 N–H and O–H groups in total. The maximum atomic E-state index is 12.3. The van der Waals surface area contributed by atoms with Gasteiger partial charge in [0.25, 0.3) is 5.91 Å². The van der Waals surface area contributed by atoms with Gasteiger partial charge in [-0.1, -0.05) is 0 Å². The maximum Gasteiger partial charge on any atom is 0.251 e. The molecule has 3 rings (SSSR count). The predicted octanol–water partition coefficient (Wildman–Crippen LogP) is 1.36. The van der Waals surface area contributed by atoms with Crippen LogP contribution in [-0.4, -0.2) is 37.8 Å². The highest BCUT2D eigenvalue weighted by Gasteiger charge is 2.27. The lowest BCUT2D eigenvalue weighted by Gasteiger charge is -2.15. The van der Waals surface area contributed by atoms with E-state index in [1.54, 1.807) is 12.1 Å². The molecule has 0 radical (unpaired) electrons. The van der Waals surface area contributed by atoms with Crippen LogP contribution in [0.4, 0.5) is 0 Å². The molecular weight excluding hydrogens is 276 g/mol. The van der Waals surface area contributed by atoms with E-state index in [1.807, 2.05) is 0 Å². The Morgan fingerprint density at radius 2 is 1.70 bits per heavy atom. The molecule has 1 saturated heterocycles. The molecule has 0 aromatic heterocycles. The SMILES string of the molecule is O=C(NC1CC1)c1ccc(S(=O)(=O)N2CCCC2)cc1. The van der Waals surface area contributed by atoms with Crippen LogP contribution in [0.15, 0.2) is 29.2 Å². The maximum absolute atomic E-state index is 12.3. The average molecular weight is 294 g/mol. The minimum absolute atomic E-state index is 0.127. The third-order valence-corrected chi connectivity index (χ3v) is 5.64. The fourth-order valence-corrected chi connectivity index (χ4v) is 3.87. The van der Waals surface area contributed by atoms with E-state index in [0.29, 0.717) is 24.7 Å². The Bertz CT molecular complexity index is 600. The van der Waals surface area contributed by atoms with Gasteiger partial charge in [-0.05, 0) is 49.9 Å². The predicted molar refractivity (Wildman–Crippen MR) is 74.9 cm³/mol. The van der Waals surface area contributed by atoms with E-state index in [2.05, 4.69) is 5.32 Å².